The Balaban J connectivity index is 1.71. The Labute approximate surface area is 127 Å². The third kappa shape index (κ3) is 2.97. The SMILES string of the molecule is O=C(c1ccc(F)cc1F)N1C[C@@H](O)[C@H](N2CCOCC2)C1. The molecule has 1 amide bonds. The van der Waals surface area contributed by atoms with Gasteiger partial charge in [0.2, 0.25) is 0 Å². The maximum atomic E-state index is 13.7. The number of carbonyl (C=O) groups excluding carboxylic acids is 1. The highest BCUT2D eigenvalue weighted by atomic mass is 19.1. The Morgan fingerprint density at radius 2 is 1.95 bits per heavy atom. The summed E-state index contributed by atoms with van der Waals surface area (Å²) in [6.07, 6.45) is -0.675. The van der Waals surface area contributed by atoms with Crippen LogP contribution in [-0.4, -0.2) is 72.4 Å². The number of ether oxygens (including phenoxy) is 1. The van der Waals surface area contributed by atoms with Gasteiger partial charge in [-0.2, -0.15) is 0 Å². The van der Waals surface area contributed by atoms with Crippen LogP contribution in [0.1, 0.15) is 10.4 Å². The lowest BCUT2D eigenvalue weighted by Gasteiger charge is -2.33. The summed E-state index contributed by atoms with van der Waals surface area (Å²) in [5, 5.41) is 10.2. The van der Waals surface area contributed by atoms with E-state index in [-0.39, 0.29) is 18.2 Å². The Morgan fingerprint density at radius 1 is 1.23 bits per heavy atom. The van der Waals surface area contributed by atoms with Gasteiger partial charge in [-0.3, -0.25) is 9.69 Å². The molecule has 2 atom stereocenters. The molecule has 3 rings (SSSR count). The summed E-state index contributed by atoms with van der Waals surface area (Å²) in [6, 6.07) is 2.72. The van der Waals surface area contributed by atoms with Crippen molar-refractivity contribution in [1.29, 1.82) is 0 Å². The molecule has 2 fully saturated rings. The van der Waals surface area contributed by atoms with Gasteiger partial charge in [-0.25, -0.2) is 8.78 Å². The monoisotopic (exact) mass is 312 g/mol. The number of hydrogen-bond donors (Lipinski definition) is 1. The van der Waals surface area contributed by atoms with Gasteiger partial charge in [-0.1, -0.05) is 0 Å². The Bertz CT molecular complexity index is 564. The van der Waals surface area contributed by atoms with Gasteiger partial charge in [0.05, 0.1) is 30.9 Å². The van der Waals surface area contributed by atoms with Gasteiger partial charge in [0.1, 0.15) is 11.6 Å². The average Bonchev–Trinajstić information content (AvgIpc) is 2.89. The molecule has 2 aliphatic rings. The van der Waals surface area contributed by atoms with Crippen molar-refractivity contribution in [3.05, 3.63) is 35.4 Å². The number of β-amino-alcohol motifs (C(OH)–C–C–N with tert-alkyl or cyclic N) is 1. The Kier molecular flexibility index (Phi) is 4.37. The van der Waals surface area contributed by atoms with E-state index in [1.807, 2.05) is 0 Å². The van der Waals surface area contributed by atoms with E-state index >= 15 is 0 Å². The molecule has 0 aliphatic carbocycles. The number of likely N-dealkylation sites (tertiary alicyclic amines) is 1. The minimum atomic E-state index is -0.880. The molecule has 7 heteroatoms. The molecule has 0 unspecified atom stereocenters. The van der Waals surface area contributed by atoms with E-state index in [1.54, 1.807) is 0 Å². The number of amides is 1. The van der Waals surface area contributed by atoms with E-state index in [0.717, 1.165) is 12.1 Å². The predicted molar refractivity (Wildman–Crippen MR) is 74.4 cm³/mol. The van der Waals surface area contributed by atoms with Gasteiger partial charge in [0, 0.05) is 32.2 Å². The van der Waals surface area contributed by atoms with Crippen LogP contribution in [0.2, 0.25) is 0 Å². The summed E-state index contributed by atoms with van der Waals surface area (Å²) in [7, 11) is 0. The van der Waals surface area contributed by atoms with E-state index in [0.29, 0.717) is 38.9 Å². The normalized spacial score (nSPS) is 26.4. The minimum Gasteiger partial charge on any atom is -0.390 e. The van der Waals surface area contributed by atoms with Crippen molar-refractivity contribution < 1.29 is 23.4 Å². The molecular formula is C15H18F2N2O3. The van der Waals surface area contributed by atoms with Gasteiger partial charge in [0.15, 0.2) is 0 Å². The zero-order valence-corrected chi connectivity index (χ0v) is 12.0. The molecule has 22 heavy (non-hydrogen) atoms. The standard InChI is InChI=1S/C15H18F2N2O3/c16-10-1-2-11(12(17)7-10)15(21)19-8-13(14(20)9-19)18-3-5-22-6-4-18/h1-2,7,13-14,20H,3-6,8-9H2/t13-,14-/m1/s1. The second kappa shape index (κ2) is 6.28. The zero-order chi connectivity index (χ0) is 15.7. The van der Waals surface area contributed by atoms with Crippen molar-refractivity contribution in [3.8, 4) is 0 Å². The van der Waals surface area contributed by atoms with Crippen LogP contribution in [-0.2, 0) is 4.74 Å². The van der Waals surface area contributed by atoms with Crippen LogP contribution in [0.25, 0.3) is 0 Å². The van der Waals surface area contributed by atoms with E-state index in [4.69, 9.17) is 4.74 Å². The average molecular weight is 312 g/mol. The summed E-state index contributed by atoms with van der Waals surface area (Å²) in [5.74, 6) is -2.12. The van der Waals surface area contributed by atoms with Crippen molar-refractivity contribution in [3.63, 3.8) is 0 Å². The van der Waals surface area contributed by atoms with Crippen LogP contribution in [0.5, 0.6) is 0 Å². The first-order valence-electron chi connectivity index (χ1n) is 7.30. The molecule has 120 valence electrons. The summed E-state index contributed by atoms with van der Waals surface area (Å²) in [4.78, 5) is 15.9. The quantitative estimate of drug-likeness (QED) is 0.863. The molecule has 0 spiro atoms. The molecule has 5 nitrogen and oxygen atoms in total. The lowest BCUT2D eigenvalue weighted by molar-refractivity contribution is -0.00611. The number of carbonyl (C=O) groups is 1. The summed E-state index contributed by atoms with van der Waals surface area (Å²) >= 11 is 0. The topological polar surface area (TPSA) is 53.0 Å². The highest BCUT2D eigenvalue weighted by Gasteiger charge is 2.38. The first kappa shape index (κ1) is 15.3. The van der Waals surface area contributed by atoms with Crippen molar-refractivity contribution in [2.24, 2.45) is 0 Å². The summed E-state index contributed by atoms with van der Waals surface area (Å²) in [6.45, 7) is 3.09. The van der Waals surface area contributed by atoms with Crippen LogP contribution in [0.4, 0.5) is 8.78 Å². The fourth-order valence-corrected chi connectivity index (χ4v) is 3.04. The fourth-order valence-electron chi connectivity index (χ4n) is 3.04. The maximum Gasteiger partial charge on any atom is 0.256 e. The number of aliphatic hydroxyl groups excluding tert-OH is 1. The van der Waals surface area contributed by atoms with E-state index in [2.05, 4.69) is 4.90 Å². The third-order valence-electron chi connectivity index (χ3n) is 4.22. The number of rotatable bonds is 2. The zero-order valence-electron chi connectivity index (χ0n) is 12.0. The van der Waals surface area contributed by atoms with Crippen molar-refractivity contribution >= 4 is 5.91 Å². The largest absolute Gasteiger partial charge is 0.390 e. The van der Waals surface area contributed by atoms with Crippen LogP contribution in [0.15, 0.2) is 18.2 Å². The van der Waals surface area contributed by atoms with Gasteiger partial charge in [-0.15, -0.1) is 0 Å². The second-order valence-corrected chi connectivity index (χ2v) is 5.62. The molecule has 1 N–H and O–H groups in total. The predicted octanol–water partition coefficient (Wildman–Crippen LogP) is 0.482. The number of benzene rings is 1. The van der Waals surface area contributed by atoms with E-state index in [1.165, 1.54) is 4.90 Å². The number of halogens is 2. The molecule has 0 aromatic heterocycles. The minimum absolute atomic E-state index is 0.150. The number of aliphatic hydroxyl groups is 1. The molecule has 1 aromatic rings. The fraction of sp³-hybridized carbons (Fsp3) is 0.533. The lowest BCUT2D eigenvalue weighted by atomic mass is 10.1. The maximum absolute atomic E-state index is 13.7. The van der Waals surface area contributed by atoms with Gasteiger partial charge in [0.25, 0.3) is 5.91 Å². The number of morpholine rings is 1. The van der Waals surface area contributed by atoms with Crippen LogP contribution >= 0.6 is 0 Å². The third-order valence-corrected chi connectivity index (χ3v) is 4.22. The Morgan fingerprint density at radius 3 is 2.64 bits per heavy atom. The molecule has 0 saturated carbocycles. The summed E-state index contributed by atoms with van der Waals surface area (Å²) in [5.41, 5.74) is -0.170. The first-order valence-corrected chi connectivity index (χ1v) is 7.30. The molecule has 0 radical (unpaired) electrons. The lowest BCUT2D eigenvalue weighted by Crippen LogP contribution is -2.49. The van der Waals surface area contributed by atoms with Gasteiger partial charge >= 0.3 is 0 Å². The number of hydrogen-bond acceptors (Lipinski definition) is 4. The molecular weight excluding hydrogens is 294 g/mol. The van der Waals surface area contributed by atoms with Crippen LogP contribution in [0, 0.1) is 11.6 Å². The van der Waals surface area contributed by atoms with Gasteiger partial charge < -0.3 is 14.7 Å². The van der Waals surface area contributed by atoms with Gasteiger partial charge in [-0.05, 0) is 12.1 Å². The van der Waals surface area contributed by atoms with Crippen molar-refractivity contribution in [1.82, 2.24) is 9.80 Å². The molecule has 2 heterocycles. The smallest absolute Gasteiger partial charge is 0.256 e. The second-order valence-electron chi connectivity index (χ2n) is 5.62. The highest BCUT2D eigenvalue weighted by Crippen LogP contribution is 2.21. The van der Waals surface area contributed by atoms with Crippen LogP contribution in [0.3, 0.4) is 0 Å². The molecule has 2 saturated heterocycles. The number of nitrogens with zero attached hydrogens (tertiary/aromatic N) is 2. The van der Waals surface area contributed by atoms with Crippen LogP contribution < -0.4 is 0 Å². The Hall–Kier alpha value is -1.57. The molecule has 2 aliphatic heterocycles. The summed E-state index contributed by atoms with van der Waals surface area (Å²) < 4.78 is 31.9. The van der Waals surface area contributed by atoms with E-state index in [9.17, 15) is 18.7 Å². The van der Waals surface area contributed by atoms with Crippen molar-refractivity contribution in [2.75, 3.05) is 39.4 Å². The first-order chi connectivity index (χ1) is 10.6. The molecule has 0 bridgehead atoms. The highest BCUT2D eigenvalue weighted by molar-refractivity contribution is 5.94. The molecule has 1 aromatic carbocycles. The van der Waals surface area contributed by atoms with Crippen molar-refractivity contribution in [2.45, 2.75) is 12.1 Å². The van der Waals surface area contributed by atoms with E-state index < -0.39 is 23.6 Å².